The van der Waals surface area contributed by atoms with Crippen LogP contribution in [-0.4, -0.2) is 42.6 Å². The molecule has 2 aliphatic rings. The van der Waals surface area contributed by atoms with Crippen LogP contribution in [0.5, 0.6) is 5.75 Å². The van der Waals surface area contributed by atoms with Gasteiger partial charge in [0.25, 0.3) is 5.91 Å². The Morgan fingerprint density at radius 3 is 2.83 bits per heavy atom. The van der Waals surface area contributed by atoms with E-state index in [2.05, 4.69) is 12.2 Å². The van der Waals surface area contributed by atoms with Gasteiger partial charge in [0.15, 0.2) is 6.10 Å². The van der Waals surface area contributed by atoms with Gasteiger partial charge in [0.1, 0.15) is 5.75 Å². The highest BCUT2D eigenvalue weighted by Crippen LogP contribution is 2.32. The molecule has 2 aliphatic heterocycles. The second-order valence-electron chi connectivity index (χ2n) is 6.08. The Bertz CT molecular complexity index is 547. The van der Waals surface area contributed by atoms with Crippen molar-refractivity contribution in [3.63, 3.8) is 0 Å². The van der Waals surface area contributed by atoms with Crippen LogP contribution >= 0.6 is 24.0 Å². The van der Waals surface area contributed by atoms with Crippen molar-refractivity contribution in [1.82, 2.24) is 10.2 Å². The van der Waals surface area contributed by atoms with Gasteiger partial charge in [-0.25, -0.2) is 0 Å². The first-order chi connectivity index (χ1) is 10.7. The van der Waals surface area contributed by atoms with Gasteiger partial charge in [0.2, 0.25) is 0 Å². The van der Waals surface area contributed by atoms with E-state index in [1.165, 1.54) is 0 Å². The summed E-state index contributed by atoms with van der Waals surface area (Å²) in [5.74, 6) is 0.922. The van der Waals surface area contributed by atoms with Crippen LogP contribution in [0.2, 0.25) is 5.02 Å². The van der Waals surface area contributed by atoms with Crippen LogP contribution in [0.3, 0.4) is 0 Å². The van der Waals surface area contributed by atoms with Crippen molar-refractivity contribution in [3.05, 3.63) is 28.8 Å². The van der Waals surface area contributed by atoms with Crippen LogP contribution in [-0.2, 0) is 11.2 Å². The van der Waals surface area contributed by atoms with Crippen molar-refractivity contribution in [2.24, 2.45) is 0 Å². The number of nitrogens with zero attached hydrogens (tertiary/aromatic N) is 1. The van der Waals surface area contributed by atoms with Gasteiger partial charge < -0.3 is 15.0 Å². The van der Waals surface area contributed by atoms with Gasteiger partial charge in [-0.15, -0.1) is 12.4 Å². The maximum absolute atomic E-state index is 12.9. The Balaban J connectivity index is 0.00000192. The number of nitrogens with one attached hydrogen (secondary N) is 1. The Morgan fingerprint density at radius 2 is 2.13 bits per heavy atom. The summed E-state index contributed by atoms with van der Waals surface area (Å²) in [6, 6.07) is 5.91. The smallest absolute Gasteiger partial charge is 0.264 e. The summed E-state index contributed by atoms with van der Waals surface area (Å²) in [6.07, 6.45) is 3.25. The number of hydrogen-bond acceptors (Lipinski definition) is 3. The van der Waals surface area contributed by atoms with E-state index in [0.717, 1.165) is 50.2 Å². The molecule has 3 rings (SSSR count). The summed E-state index contributed by atoms with van der Waals surface area (Å²) in [5, 5.41) is 4.05. The zero-order valence-electron chi connectivity index (χ0n) is 13.4. The van der Waals surface area contributed by atoms with Gasteiger partial charge in [0.05, 0.1) is 0 Å². The van der Waals surface area contributed by atoms with Crippen molar-refractivity contribution < 1.29 is 9.53 Å². The molecule has 0 aliphatic carbocycles. The second kappa shape index (κ2) is 8.22. The average Bonchev–Trinajstić information content (AvgIpc) is 2.96. The summed E-state index contributed by atoms with van der Waals surface area (Å²) in [7, 11) is 0. The molecule has 1 saturated heterocycles. The van der Waals surface area contributed by atoms with E-state index in [4.69, 9.17) is 16.3 Å². The van der Waals surface area contributed by atoms with E-state index in [1.54, 1.807) is 0 Å². The highest BCUT2D eigenvalue weighted by Gasteiger charge is 2.35. The molecule has 6 heteroatoms. The van der Waals surface area contributed by atoms with E-state index in [0.29, 0.717) is 17.5 Å². The third-order valence-corrected chi connectivity index (χ3v) is 4.70. The minimum Gasteiger partial charge on any atom is -0.480 e. The lowest BCUT2D eigenvalue weighted by Crippen LogP contribution is -2.50. The number of benzene rings is 1. The van der Waals surface area contributed by atoms with E-state index in [1.807, 2.05) is 23.1 Å². The largest absolute Gasteiger partial charge is 0.480 e. The molecule has 0 radical (unpaired) electrons. The topological polar surface area (TPSA) is 41.6 Å². The predicted molar refractivity (Wildman–Crippen MR) is 94.7 cm³/mol. The first-order valence-corrected chi connectivity index (χ1v) is 8.53. The number of amides is 1. The summed E-state index contributed by atoms with van der Waals surface area (Å²) >= 11 is 6.03. The lowest BCUT2D eigenvalue weighted by molar-refractivity contribution is -0.141. The number of fused-ring (bicyclic) bond motifs is 1. The standard InChI is InChI=1S/C17H23ClN2O2.ClH/c1-2-9-20(14-5-7-19-8-6-14)17(21)16-11-12-10-13(18)3-4-15(12)22-16;/h3-4,10,14,16,19H,2,5-9,11H2,1H3;1H. The number of ether oxygens (including phenoxy) is 1. The second-order valence-corrected chi connectivity index (χ2v) is 6.51. The Hall–Kier alpha value is -0.970. The molecule has 0 aromatic heterocycles. The molecule has 1 unspecified atom stereocenters. The minimum absolute atomic E-state index is 0. The molecule has 0 bridgehead atoms. The maximum atomic E-state index is 12.9. The van der Waals surface area contributed by atoms with Gasteiger partial charge in [-0.05, 0) is 56.1 Å². The van der Waals surface area contributed by atoms with Crippen molar-refractivity contribution in [2.75, 3.05) is 19.6 Å². The van der Waals surface area contributed by atoms with Gasteiger partial charge in [0, 0.05) is 24.0 Å². The molecule has 23 heavy (non-hydrogen) atoms. The molecule has 0 saturated carbocycles. The van der Waals surface area contributed by atoms with E-state index in [9.17, 15) is 4.79 Å². The molecule has 1 aromatic carbocycles. The Morgan fingerprint density at radius 1 is 1.39 bits per heavy atom. The minimum atomic E-state index is -0.394. The average molecular weight is 359 g/mol. The molecule has 0 spiro atoms. The van der Waals surface area contributed by atoms with Gasteiger partial charge in [-0.1, -0.05) is 18.5 Å². The Labute approximate surface area is 148 Å². The van der Waals surface area contributed by atoms with Crippen LogP contribution in [0.15, 0.2) is 18.2 Å². The van der Waals surface area contributed by atoms with Gasteiger partial charge in [-0.3, -0.25) is 4.79 Å². The van der Waals surface area contributed by atoms with Crippen LogP contribution in [0.25, 0.3) is 0 Å². The van der Waals surface area contributed by atoms with Crippen molar-refractivity contribution in [2.45, 2.75) is 44.8 Å². The molecule has 1 atom stereocenters. The summed E-state index contributed by atoms with van der Waals surface area (Å²) in [5.41, 5.74) is 1.03. The van der Waals surface area contributed by atoms with Crippen LogP contribution < -0.4 is 10.1 Å². The summed E-state index contributed by atoms with van der Waals surface area (Å²) < 4.78 is 5.88. The number of halogens is 2. The number of piperidine rings is 1. The van der Waals surface area contributed by atoms with E-state index >= 15 is 0 Å². The molecule has 128 valence electrons. The number of carbonyl (C=O) groups is 1. The van der Waals surface area contributed by atoms with E-state index in [-0.39, 0.29) is 18.3 Å². The number of carbonyl (C=O) groups excluding carboxylic acids is 1. The molecular formula is C17H24Cl2N2O2. The zero-order chi connectivity index (χ0) is 15.5. The normalized spacial score (nSPS) is 20.3. The number of rotatable bonds is 4. The van der Waals surface area contributed by atoms with Crippen LogP contribution in [0.4, 0.5) is 0 Å². The molecule has 1 amide bonds. The van der Waals surface area contributed by atoms with Crippen LogP contribution in [0, 0.1) is 0 Å². The van der Waals surface area contributed by atoms with Crippen molar-refractivity contribution in [3.8, 4) is 5.75 Å². The highest BCUT2D eigenvalue weighted by atomic mass is 35.5. The number of hydrogen-bond donors (Lipinski definition) is 1. The first-order valence-electron chi connectivity index (χ1n) is 8.15. The van der Waals surface area contributed by atoms with Gasteiger partial charge >= 0.3 is 0 Å². The highest BCUT2D eigenvalue weighted by molar-refractivity contribution is 6.30. The fourth-order valence-corrected chi connectivity index (χ4v) is 3.57. The van der Waals surface area contributed by atoms with Crippen LogP contribution in [0.1, 0.15) is 31.7 Å². The molecular weight excluding hydrogens is 335 g/mol. The lowest BCUT2D eigenvalue weighted by atomic mass is 10.0. The third-order valence-electron chi connectivity index (χ3n) is 4.47. The summed E-state index contributed by atoms with van der Waals surface area (Å²) in [4.78, 5) is 15.0. The van der Waals surface area contributed by atoms with Gasteiger partial charge in [-0.2, -0.15) is 0 Å². The van der Waals surface area contributed by atoms with E-state index < -0.39 is 6.10 Å². The molecule has 1 fully saturated rings. The SMILES string of the molecule is CCCN(C(=O)C1Cc2cc(Cl)ccc2O1)C1CCNCC1.Cl. The third kappa shape index (κ3) is 4.11. The summed E-state index contributed by atoms with van der Waals surface area (Å²) in [6.45, 7) is 4.89. The molecule has 4 nitrogen and oxygen atoms in total. The quantitative estimate of drug-likeness (QED) is 0.899. The fourth-order valence-electron chi connectivity index (χ4n) is 3.37. The molecule has 1 aromatic rings. The first kappa shape index (κ1) is 18.4. The van der Waals surface area contributed by atoms with Crippen molar-refractivity contribution in [1.29, 1.82) is 0 Å². The Kier molecular flexibility index (Phi) is 6.57. The van der Waals surface area contributed by atoms with Crippen molar-refractivity contribution >= 4 is 29.9 Å². The fraction of sp³-hybridized carbons (Fsp3) is 0.588. The molecule has 1 N–H and O–H groups in total. The lowest BCUT2D eigenvalue weighted by Gasteiger charge is -2.35. The zero-order valence-corrected chi connectivity index (χ0v) is 15.0. The monoisotopic (exact) mass is 358 g/mol. The predicted octanol–water partition coefficient (Wildman–Crippen LogP) is 3.06. The molecule has 2 heterocycles. The maximum Gasteiger partial charge on any atom is 0.264 e.